The molecule has 3 heteroatoms. The fourth-order valence-electron chi connectivity index (χ4n) is 2.81. The van der Waals surface area contributed by atoms with E-state index in [1.54, 1.807) is 0 Å². The first-order chi connectivity index (χ1) is 9.81. The van der Waals surface area contributed by atoms with Gasteiger partial charge in [0.15, 0.2) is 0 Å². The van der Waals surface area contributed by atoms with E-state index in [0.29, 0.717) is 12.1 Å². The second-order valence-electron chi connectivity index (χ2n) is 6.06. The maximum atomic E-state index is 5.85. The predicted molar refractivity (Wildman–Crippen MR) is 80.5 cm³/mol. The molecule has 20 heavy (non-hydrogen) atoms. The van der Waals surface area contributed by atoms with E-state index in [2.05, 4.69) is 11.9 Å². The lowest BCUT2D eigenvalue weighted by atomic mass is 10.0. The summed E-state index contributed by atoms with van der Waals surface area (Å²) in [5.74, 6) is 1.92. The molecule has 1 aliphatic carbocycles. The summed E-state index contributed by atoms with van der Waals surface area (Å²) in [6.07, 6.45) is 8.01. The van der Waals surface area contributed by atoms with Crippen LogP contribution in [0.5, 0.6) is 11.5 Å². The normalized spacial score (nSPS) is 23.6. The van der Waals surface area contributed by atoms with E-state index in [-0.39, 0.29) is 0 Å². The first-order valence-corrected chi connectivity index (χ1v) is 7.91. The molecule has 1 heterocycles. The molecular weight excluding hydrogens is 250 g/mol. The molecule has 0 spiro atoms. The van der Waals surface area contributed by atoms with Crippen LogP contribution in [0.2, 0.25) is 0 Å². The lowest BCUT2D eigenvalue weighted by Gasteiger charge is -2.32. The van der Waals surface area contributed by atoms with E-state index < -0.39 is 0 Å². The van der Waals surface area contributed by atoms with Crippen LogP contribution in [0.1, 0.15) is 38.5 Å². The topological polar surface area (TPSA) is 21.7 Å². The van der Waals surface area contributed by atoms with E-state index in [0.717, 1.165) is 24.5 Å². The Morgan fingerprint density at radius 2 is 1.80 bits per heavy atom. The molecule has 2 aliphatic rings. The predicted octanol–water partition coefficient (Wildman–Crippen LogP) is 3.48. The fraction of sp³-hybridized carbons (Fsp3) is 0.647. The summed E-state index contributed by atoms with van der Waals surface area (Å²) in [6, 6.07) is 8.76. The molecule has 1 aromatic rings. The van der Waals surface area contributed by atoms with Crippen LogP contribution >= 0.6 is 0 Å². The summed E-state index contributed by atoms with van der Waals surface area (Å²) in [4.78, 5) is 2.47. The number of ether oxygens (including phenoxy) is 2. The van der Waals surface area contributed by atoms with Gasteiger partial charge in [-0.05, 0) is 70.0 Å². The molecule has 0 amide bonds. The van der Waals surface area contributed by atoms with Crippen molar-refractivity contribution in [3.63, 3.8) is 0 Å². The van der Waals surface area contributed by atoms with Gasteiger partial charge in [0.2, 0.25) is 0 Å². The molecule has 1 aromatic carbocycles. The minimum absolute atomic E-state index is 0.462. The van der Waals surface area contributed by atoms with Gasteiger partial charge in [-0.1, -0.05) is 6.42 Å². The SMILES string of the molecule is CN1CCCCC1CCOc1ccc(OC2CC2)cc1. The van der Waals surface area contributed by atoms with Crippen molar-refractivity contribution < 1.29 is 9.47 Å². The average Bonchev–Trinajstić information content (AvgIpc) is 3.27. The maximum absolute atomic E-state index is 5.85. The van der Waals surface area contributed by atoms with Crippen LogP contribution in [0.25, 0.3) is 0 Å². The van der Waals surface area contributed by atoms with Crippen molar-refractivity contribution >= 4 is 0 Å². The summed E-state index contributed by atoms with van der Waals surface area (Å²) < 4.78 is 11.6. The lowest BCUT2D eigenvalue weighted by Crippen LogP contribution is -2.37. The first-order valence-electron chi connectivity index (χ1n) is 7.91. The van der Waals surface area contributed by atoms with Gasteiger partial charge in [0.05, 0.1) is 12.7 Å². The Hall–Kier alpha value is -1.22. The monoisotopic (exact) mass is 275 g/mol. The standard InChI is InChI=1S/C17H25NO2/c1-18-12-3-2-4-14(18)11-13-19-15-5-7-16(8-6-15)20-17-9-10-17/h5-8,14,17H,2-4,9-13H2,1H3. The maximum Gasteiger partial charge on any atom is 0.119 e. The second-order valence-corrected chi connectivity index (χ2v) is 6.06. The first kappa shape index (κ1) is 13.7. The quantitative estimate of drug-likeness (QED) is 0.793. The summed E-state index contributed by atoms with van der Waals surface area (Å²) in [5.41, 5.74) is 0. The zero-order chi connectivity index (χ0) is 13.8. The van der Waals surface area contributed by atoms with Crippen LogP contribution in [-0.4, -0.2) is 37.2 Å². The van der Waals surface area contributed by atoms with E-state index in [1.165, 1.54) is 38.6 Å². The van der Waals surface area contributed by atoms with E-state index >= 15 is 0 Å². The number of benzene rings is 1. The Labute approximate surface area is 121 Å². The highest BCUT2D eigenvalue weighted by Gasteiger charge is 2.23. The van der Waals surface area contributed by atoms with Crippen molar-refractivity contribution in [2.24, 2.45) is 0 Å². The largest absolute Gasteiger partial charge is 0.494 e. The van der Waals surface area contributed by atoms with Gasteiger partial charge in [0.25, 0.3) is 0 Å². The number of likely N-dealkylation sites (tertiary alicyclic amines) is 1. The van der Waals surface area contributed by atoms with Gasteiger partial charge < -0.3 is 14.4 Å². The molecule has 3 nitrogen and oxygen atoms in total. The third kappa shape index (κ3) is 3.89. The van der Waals surface area contributed by atoms with Gasteiger partial charge in [-0.25, -0.2) is 0 Å². The Balaban J connectivity index is 1.41. The second kappa shape index (κ2) is 6.49. The lowest BCUT2D eigenvalue weighted by molar-refractivity contribution is 0.153. The summed E-state index contributed by atoms with van der Waals surface area (Å²) >= 11 is 0. The minimum Gasteiger partial charge on any atom is -0.494 e. The van der Waals surface area contributed by atoms with Crippen LogP contribution in [0.3, 0.4) is 0 Å². The van der Waals surface area contributed by atoms with Crippen LogP contribution in [-0.2, 0) is 0 Å². The molecule has 1 saturated heterocycles. The van der Waals surface area contributed by atoms with E-state index in [9.17, 15) is 0 Å². The van der Waals surface area contributed by atoms with Crippen LogP contribution in [0, 0.1) is 0 Å². The van der Waals surface area contributed by atoms with E-state index in [4.69, 9.17) is 9.47 Å². The van der Waals surface area contributed by atoms with Gasteiger partial charge in [0.1, 0.15) is 11.5 Å². The molecule has 1 aliphatic heterocycles. The molecule has 1 atom stereocenters. The Bertz CT molecular complexity index is 414. The van der Waals surface area contributed by atoms with Gasteiger partial charge in [-0.3, -0.25) is 0 Å². The van der Waals surface area contributed by atoms with Crippen molar-refractivity contribution in [3.8, 4) is 11.5 Å². The smallest absolute Gasteiger partial charge is 0.119 e. The van der Waals surface area contributed by atoms with Crippen molar-refractivity contribution in [3.05, 3.63) is 24.3 Å². The van der Waals surface area contributed by atoms with Gasteiger partial charge in [-0.2, -0.15) is 0 Å². The molecule has 0 N–H and O–H groups in total. The molecule has 3 rings (SSSR count). The average molecular weight is 275 g/mol. The van der Waals surface area contributed by atoms with Crippen molar-refractivity contribution in [2.45, 2.75) is 50.7 Å². The molecule has 0 radical (unpaired) electrons. The zero-order valence-electron chi connectivity index (χ0n) is 12.4. The van der Waals surface area contributed by atoms with Crippen molar-refractivity contribution in [1.82, 2.24) is 4.90 Å². The number of rotatable bonds is 6. The van der Waals surface area contributed by atoms with Gasteiger partial charge >= 0.3 is 0 Å². The minimum atomic E-state index is 0.462. The molecule has 1 unspecified atom stereocenters. The highest BCUT2D eigenvalue weighted by atomic mass is 16.5. The van der Waals surface area contributed by atoms with Crippen molar-refractivity contribution in [2.75, 3.05) is 20.2 Å². The number of nitrogens with zero attached hydrogens (tertiary/aromatic N) is 1. The Morgan fingerprint density at radius 3 is 2.50 bits per heavy atom. The molecule has 110 valence electrons. The van der Waals surface area contributed by atoms with Crippen LogP contribution in [0.4, 0.5) is 0 Å². The molecule has 0 aromatic heterocycles. The number of piperidine rings is 1. The van der Waals surface area contributed by atoms with Crippen LogP contribution in [0.15, 0.2) is 24.3 Å². The van der Waals surface area contributed by atoms with Gasteiger partial charge in [0, 0.05) is 6.04 Å². The third-order valence-electron chi connectivity index (χ3n) is 4.29. The number of hydrogen-bond acceptors (Lipinski definition) is 3. The Morgan fingerprint density at radius 1 is 1.05 bits per heavy atom. The zero-order valence-corrected chi connectivity index (χ0v) is 12.4. The molecule has 0 bridgehead atoms. The fourth-order valence-corrected chi connectivity index (χ4v) is 2.81. The third-order valence-corrected chi connectivity index (χ3v) is 4.29. The summed E-state index contributed by atoms with van der Waals surface area (Å²) in [5, 5.41) is 0. The summed E-state index contributed by atoms with van der Waals surface area (Å²) in [6.45, 7) is 2.04. The summed E-state index contributed by atoms with van der Waals surface area (Å²) in [7, 11) is 2.23. The Kier molecular flexibility index (Phi) is 4.46. The molecular formula is C17H25NO2. The van der Waals surface area contributed by atoms with Gasteiger partial charge in [-0.15, -0.1) is 0 Å². The van der Waals surface area contributed by atoms with Crippen molar-refractivity contribution in [1.29, 1.82) is 0 Å². The highest BCUT2D eigenvalue weighted by molar-refractivity contribution is 5.31. The molecule has 2 fully saturated rings. The molecule has 1 saturated carbocycles. The van der Waals surface area contributed by atoms with Crippen LogP contribution < -0.4 is 9.47 Å². The van der Waals surface area contributed by atoms with E-state index in [1.807, 2.05) is 24.3 Å². The highest BCUT2D eigenvalue weighted by Crippen LogP contribution is 2.28. The number of hydrogen-bond donors (Lipinski definition) is 0.